The second kappa shape index (κ2) is 8.31. The molecule has 1 aromatic heterocycles. The van der Waals surface area contributed by atoms with E-state index in [4.69, 9.17) is 9.15 Å². The van der Waals surface area contributed by atoms with E-state index in [1.54, 1.807) is 49.8 Å². The number of rotatable bonds is 5. The molecule has 144 valence electrons. The van der Waals surface area contributed by atoms with E-state index in [2.05, 4.69) is 15.6 Å². The Hall–Kier alpha value is -4.06. The summed E-state index contributed by atoms with van der Waals surface area (Å²) in [5, 5.41) is 5.57. The Balaban J connectivity index is 1.40. The predicted molar refractivity (Wildman–Crippen MR) is 113 cm³/mol. The van der Waals surface area contributed by atoms with Crippen molar-refractivity contribution in [2.75, 3.05) is 17.7 Å². The molecule has 0 unspecified atom stereocenters. The molecule has 2 N–H and O–H groups in total. The molecule has 0 atom stereocenters. The third-order valence-electron chi connectivity index (χ3n) is 4.31. The number of nitrogens with zero attached hydrogens (tertiary/aromatic N) is 1. The lowest BCUT2D eigenvalue weighted by Crippen LogP contribution is -2.19. The molecule has 6 heteroatoms. The van der Waals surface area contributed by atoms with Gasteiger partial charge in [0.05, 0.1) is 7.11 Å². The molecule has 0 saturated heterocycles. The average Bonchev–Trinajstić information content (AvgIpc) is 3.26. The fourth-order valence-corrected chi connectivity index (χ4v) is 2.81. The van der Waals surface area contributed by atoms with Crippen LogP contribution in [0.3, 0.4) is 0 Å². The Morgan fingerprint density at radius 2 is 1.45 bits per heavy atom. The number of carbonyl (C=O) groups is 1. The molecular weight excluding hydrogens is 366 g/mol. The fourth-order valence-electron chi connectivity index (χ4n) is 2.81. The molecule has 4 rings (SSSR count). The van der Waals surface area contributed by atoms with Gasteiger partial charge in [-0.25, -0.2) is 9.78 Å². The van der Waals surface area contributed by atoms with E-state index in [1.165, 1.54) is 0 Å². The van der Waals surface area contributed by atoms with E-state index in [9.17, 15) is 4.79 Å². The zero-order valence-corrected chi connectivity index (χ0v) is 15.8. The van der Waals surface area contributed by atoms with Gasteiger partial charge in [0.25, 0.3) is 0 Å². The van der Waals surface area contributed by atoms with Crippen molar-refractivity contribution in [3.63, 3.8) is 0 Å². The van der Waals surface area contributed by atoms with Crippen molar-refractivity contribution < 1.29 is 13.9 Å². The van der Waals surface area contributed by atoms with Crippen LogP contribution in [0, 0.1) is 0 Å². The summed E-state index contributed by atoms with van der Waals surface area (Å²) in [6, 6.07) is 23.9. The SMILES string of the molecule is COc1ccc(NC(=O)Nc2ccc(-c3nc(-c4ccccc4)co3)cc2)cc1. The number of aromatic nitrogens is 1. The Morgan fingerprint density at radius 1 is 0.828 bits per heavy atom. The van der Waals surface area contributed by atoms with Gasteiger partial charge in [0.2, 0.25) is 5.89 Å². The molecule has 0 spiro atoms. The van der Waals surface area contributed by atoms with Gasteiger partial charge in [-0.2, -0.15) is 0 Å². The van der Waals surface area contributed by atoms with E-state index in [1.807, 2.05) is 42.5 Å². The quantitative estimate of drug-likeness (QED) is 0.465. The summed E-state index contributed by atoms with van der Waals surface area (Å²) in [7, 11) is 1.60. The summed E-state index contributed by atoms with van der Waals surface area (Å²) < 4.78 is 10.7. The Labute approximate surface area is 168 Å². The van der Waals surface area contributed by atoms with Crippen molar-refractivity contribution in [3.05, 3.63) is 85.1 Å². The molecule has 4 aromatic rings. The van der Waals surface area contributed by atoms with Crippen LogP contribution in [0.2, 0.25) is 0 Å². The standard InChI is InChI=1S/C23H19N3O3/c1-28-20-13-11-19(12-14-20)25-23(27)24-18-9-7-17(8-10-18)22-26-21(15-29-22)16-5-3-2-4-6-16/h2-15H,1H3,(H2,24,25,27). The largest absolute Gasteiger partial charge is 0.497 e. The number of amides is 2. The maximum absolute atomic E-state index is 12.2. The number of oxazole rings is 1. The molecule has 0 aliphatic heterocycles. The van der Waals surface area contributed by atoms with Crippen LogP contribution in [0.15, 0.2) is 89.5 Å². The van der Waals surface area contributed by atoms with Gasteiger partial charge in [0, 0.05) is 22.5 Å². The van der Waals surface area contributed by atoms with E-state index >= 15 is 0 Å². The molecule has 3 aromatic carbocycles. The van der Waals surface area contributed by atoms with Crippen LogP contribution in [0.4, 0.5) is 16.2 Å². The molecule has 2 amide bonds. The van der Waals surface area contributed by atoms with Crippen LogP contribution in [0.5, 0.6) is 5.75 Å². The molecule has 0 bridgehead atoms. The van der Waals surface area contributed by atoms with Crippen LogP contribution in [-0.2, 0) is 0 Å². The van der Waals surface area contributed by atoms with Crippen LogP contribution in [-0.4, -0.2) is 18.1 Å². The predicted octanol–water partition coefficient (Wildman–Crippen LogP) is 5.66. The van der Waals surface area contributed by atoms with Crippen molar-refractivity contribution in [1.29, 1.82) is 0 Å². The van der Waals surface area contributed by atoms with Gasteiger partial charge in [-0.15, -0.1) is 0 Å². The van der Waals surface area contributed by atoms with Crippen molar-refractivity contribution in [3.8, 4) is 28.5 Å². The highest BCUT2D eigenvalue weighted by molar-refractivity contribution is 5.99. The Morgan fingerprint density at radius 3 is 2.07 bits per heavy atom. The number of ether oxygens (including phenoxy) is 1. The first-order chi connectivity index (χ1) is 14.2. The summed E-state index contributed by atoms with van der Waals surface area (Å²) in [4.78, 5) is 16.7. The van der Waals surface area contributed by atoms with Crippen molar-refractivity contribution in [1.82, 2.24) is 4.98 Å². The monoisotopic (exact) mass is 385 g/mol. The number of anilines is 2. The van der Waals surface area contributed by atoms with Gasteiger partial charge < -0.3 is 19.8 Å². The van der Waals surface area contributed by atoms with Crippen LogP contribution < -0.4 is 15.4 Å². The highest BCUT2D eigenvalue weighted by atomic mass is 16.5. The maximum Gasteiger partial charge on any atom is 0.323 e. The molecular formula is C23H19N3O3. The molecule has 6 nitrogen and oxygen atoms in total. The summed E-state index contributed by atoms with van der Waals surface area (Å²) in [6.07, 6.45) is 1.64. The molecule has 29 heavy (non-hydrogen) atoms. The number of hydrogen-bond donors (Lipinski definition) is 2. The lowest BCUT2D eigenvalue weighted by atomic mass is 10.2. The van der Waals surface area contributed by atoms with Crippen LogP contribution in [0.25, 0.3) is 22.7 Å². The number of nitrogens with one attached hydrogen (secondary N) is 2. The Kier molecular flexibility index (Phi) is 5.25. The third kappa shape index (κ3) is 4.44. The second-order valence-electron chi connectivity index (χ2n) is 6.29. The summed E-state index contributed by atoms with van der Waals surface area (Å²) in [5.41, 5.74) is 3.94. The highest BCUT2D eigenvalue weighted by Gasteiger charge is 2.09. The highest BCUT2D eigenvalue weighted by Crippen LogP contribution is 2.25. The molecule has 1 heterocycles. The minimum Gasteiger partial charge on any atom is -0.497 e. The number of hydrogen-bond acceptors (Lipinski definition) is 4. The average molecular weight is 385 g/mol. The number of urea groups is 1. The first-order valence-corrected chi connectivity index (χ1v) is 9.05. The normalized spacial score (nSPS) is 10.4. The Bertz CT molecular complexity index is 1090. The van der Waals surface area contributed by atoms with Crippen LogP contribution in [0.1, 0.15) is 0 Å². The zero-order valence-electron chi connectivity index (χ0n) is 15.8. The van der Waals surface area contributed by atoms with Crippen LogP contribution >= 0.6 is 0 Å². The van der Waals surface area contributed by atoms with Gasteiger partial charge in [0.15, 0.2) is 0 Å². The zero-order chi connectivity index (χ0) is 20.1. The number of methoxy groups -OCH3 is 1. The van der Waals surface area contributed by atoms with E-state index in [0.717, 1.165) is 22.6 Å². The third-order valence-corrected chi connectivity index (χ3v) is 4.31. The number of carbonyl (C=O) groups excluding carboxylic acids is 1. The molecule has 0 saturated carbocycles. The summed E-state index contributed by atoms with van der Waals surface area (Å²) in [6.45, 7) is 0. The van der Waals surface area contributed by atoms with Gasteiger partial charge in [0.1, 0.15) is 17.7 Å². The lowest BCUT2D eigenvalue weighted by Gasteiger charge is -2.08. The smallest absolute Gasteiger partial charge is 0.323 e. The van der Waals surface area contributed by atoms with E-state index in [-0.39, 0.29) is 6.03 Å². The topological polar surface area (TPSA) is 76.4 Å². The van der Waals surface area contributed by atoms with E-state index in [0.29, 0.717) is 17.3 Å². The number of benzene rings is 3. The fraction of sp³-hybridized carbons (Fsp3) is 0.0435. The molecule has 0 aliphatic carbocycles. The molecule has 0 aliphatic rings. The first kappa shape index (κ1) is 18.3. The minimum atomic E-state index is -0.328. The second-order valence-corrected chi connectivity index (χ2v) is 6.29. The minimum absolute atomic E-state index is 0.328. The maximum atomic E-state index is 12.2. The van der Waals surface area contributed by atoms with Crippen molar-refractivity contribution >= 4 is 17.4 Å². The van der Waals surface area contributed by atoms with Gasteiger partial charge in [-0.1, -0.05) is 30.3 Å². The van der Waals surface area contributed by atoms with Crippen molar-refractivity contribution in [2.45, 2.75) is 0 Å². The summed E-state index contributed by atoms with van der Waals surface area (Å²) >= 11 is 0. The first-order valence-electron chi connectivity index (χ1n) is 9.05. The van der Waals surface area contributed by atoms with Gasteiger partial charge >= 0.3 is 6.03 Å². The lowest BCUT2D eigenvalue weighted by molar-refractivity contribution is 0.262. The van der Waals surface area contributed by atoms with Gasteiger partial charge in [-0.3, -0.25) is 0 Å². The summed E-state index contributed by atoms with van der Waals surface area (Å²) in [5.74, 6) is 1.26. The molecule has 0 radical (unpaired) electrons. The van der Waals surface area contributed by atoms with E-state index < -0.39 is 0 Å². The van der Waals surface area contributed by atoms with Gasteiger partial charge in [-0.05, 0) is 48.5 Å². The molecule has 0 fully saturated rings. The van der Waals surface area contributed by atoms with Crippen molar-refractivity contribution in [2.24, 2.45) is 0 Å².